The minimum absolute atomic E-state index is 0.879. The summed E-state index contributed by atoms with van der Waals surface area (Å²) in [4.78, 5) is 2.37. The van der Waals surface area contributed by atoms with Crippen LogP contribution in [0.15, 0.2) is 192 Å². The lowest BCUT2D eigenvalue weighted by Gasteiger charge is -2.26. The Hall–Kier alpha value is -6.64. The molecular weight excluding hydrogens is 607 g/mol. The standard InChI is InChI=1S/C48H31NO/c1-2-17-34(18-3-1)49(36-28-29-42-40-23-7-6-21-38(40)39-22-8-9-24-41(39)45(42)31-36)35-19-12-16-33(30-35)47-44-25-10-11-27-46(44)50-48(47)43-26-13-15-32-14-4-5-20-37(32)43/h1-31H. The van der Waals surface area contributed by atoms with Crippen LogP contribution < -0.4 is 4.90 Å². The van der Waals surface area contributed by atoms with Gasteiger partial charge in [-0.05, 0) is 91.1 Å². The topological polar surface area (TPSA) is 16.4 Å². The van der Waals surface area contributed by atoms with Crippen LogP contribution in [0.1, 0.15) is 0 Å². The molecule has 10 aromatic rings. The van der Waals surface area contributed by atoms with E-state index in [1.165, 1.54) is 43.1 Å². The van der Waals surface area contributed by atoms with E-state index in [0.717, 1.165) is 50.5 Å². The first-order valence-corrected chi connectivity index (χ1v) is 17.1. The lowest BCUT2D eigenvalue weighted by molar-refractivity contribution is 0.633. The Morgan fingerprint density at radius 2 is 0.880 bits per heavy atom. The fourth-order valence-corrected chi connectivity index (χ4v) is 7.80. The second kappa shape index (κ2) is 11.5. The molecule has 1 heterocycles. The molecule has 0 bridgehead atoms. The number of furan rings is 1. The Labute approximate surface area is 290 Å². The normalized spacial score (nSPS) is 11.6. The fourth-order valence-electron chi connectivity index (χ4n) is 7.80. The van der Waals surface area contributed by atoms with Crippen LogP contribution in [0.4, 0.5) is 17.1 Å². The summed E-state index contributed by atoms with van der Waals surface area (Å²) in [7, 11) is 0. The summed E-state index contributed by atoms with van der Waals surface area (Å²) in [5.74, 6) is 0.885. The highest BCUT2D eigenvalue weighted by Crippen LogP contribution is 2.46. The van der Waals surface area contributed by atoms with Gasteiger partial charge in [0.05, 0.1) is 0 Å². The van der Waals surface area contributed by atoms with Crippen molar-refractivity contribution in [2.75, 3.05) is 4.90 Å². The molecule has 0 atom stereocenters. The van der Waals surface area contributed by atoms with Crippen molar-refractivity contribution in [2.24, 2.45) is 0 Å². The van der Waals surface area contributed by atoms with Crippen LogP contribution in [0, 0.1) is 0 Å². The van der Waals surface area contributed by atoms with Crippen LogP contribution in [0.3, 0.4) is 0 Å². The first-order chi connectivity index (χ1) is 24.8. The van der Waals surface area contributed by atoms with Gasteiger partial charge in [-0.25, -0.2) is 0 Å². The predicted molar refractivity (Wildman–Crippen MR) is 212 cm³/mol. The maximum Gasteiger partial charge on any atom is 0.143 e. The third-order valence-corrected chi connectivity index (χ3v) is 10.0. The van der Waals surface area contributed by atoms with E-state index in [2.05, 4.69) is 187 Å². The molecule has 2 nitrogen and oxygen atoms in total. The fraction of sp³-hybridized carbons (Fsp3) is 0. The number of rotatable bonds is 5. The van der Waals surface area contributed by atoms with E-state index >= 15 is 0 Å². The monoisotopic (exact) mass is 637 g/mol. The van der Waals surface area contributed by atoms with Gasteiger partial charge >= 0.3 is 0 Å². The van der Waals surface area contributed by atoms with E-state index in [0.29, 0.717) is 0 Å². The molecule has 0 N–H and O–H groups in total. The smallest absolute Gasteiger partial charge is 0.143 e. The van der Waals surface area contributed by atoms with Crippen molar-refractivity contribution in [3.05, 3.63) is 188 Å². The Kier molecular flexibility index (Phi) is 6.53. The zero-order chi connectivity index (χ0) is 33.0. The molecule has 10 rings (SSSR count). The van der Waals surface area contributed by atoms with Crippen LogP contribution in [0.25, 0.3) is 76.5 Å². The maximum atomic E-state index is 6.73. The highest BCUT2D eigenvalue weighted by molar-refractivity contribution is 6.25. The number of nitrogens with zero attached hydrogens (tertiary/aromatic N) is 1. The molecule has 2 heteroatoms. The minimum atomic E-state index is 0.879. The predicted octanol–water partition coefficient (Wildman–Crippen LogP) is 13.8. The average molecular weight is 638 g/mol. The van der Waals surface area contributed by atoms with Crippen molar-refractivity contribution in [1.29, 1.82) is 0 Å². The third-order valence-electron chi connectivity index (χ3n) is 10.0. The van der Waals surface area contributed by atoms with Crippen molar-refractivity contribution in [2.45, 2.75) is 0 Å². The van der Waals surface area contributed by atoms with Crippen molar-refractivity contribution in [3.63, 3.8) is 0 Å². The molecule has 0 amide bonds. The quantitative estimate of drug-likeness (QED) is 0.175. The summed E-state index contributed by atoms with van der Waals surface area (Å²) in [5, 5.41) is 11.1. The Balaban J connectivity index is 1.21. The largest absolute Gasteiger partial charge is 0.455 e. The van der Waals surface area contributed by atoms with Gasteiger partial charge in [-0.2, -0.15) is 0 Å². The molecule has 0 spiro atoms. The molecular formula is C48H31NO. The Morgan fingerprint density at radius 3 is 1.64 bits per heavy atom. The molecule has 50 heavy (non-hydrogen) atoms. The van der Waals surface area contributed by atoms with Gasteiger partial charge in [-0.3, -0.25) is 0 Å². The molecule has 0 aliphatic rings. The molecule has 234 valence electrons. The summed E-state index contributed by atoms with van der Waals surface area (Å²) in [6.07, 6.45) is 0. The Bertz CT molecular complexity index is 2840. The van der Waals surface area contributed by atoms with E-state index in [9.17, 15) is 0 Å². The summed E-state index contributed by atoms with van der Waals surface area (Å²) in [6.45, 7) is 0. The van der Waals surface area contributed by atoms with Gasteiger partial charge in [0.2, 0.25) is 0 Å². The molecule has 0 unspecified atom stereocenters. The van der Waals surface area contributed by atoms with Crippen LogP contribution in [-0.4, -0.2) is 0 Å². The van der Waals surface area contributed by atoms with Gasteiger partial charge in [0.1, 0.15) is 11.3 Å². The van der Waals surface area contributed by atoms with E-state index in [4.69, 9.17) is 4.42 Å². The van der Waals surface area contributed by atoms with E-state index in [1.54, 1.807) is 0 Å². The van der Waals surface area contributed by atoms with Gasteiger partial charge in [0.25, 0.3) is 0 Å². The van der Waals surface area contributed by atoms with Gasteiger partial charge in [-0.1, -0.05) is 146 Å². The first kappa shape index (κ1) is 28.4. The van der Waals surface area contributed by atoms with Crippen LogP contribution >= 0.6 is 0 Å². The molecule has 0 saturated carbocycles. The van der Waals surface area contributed by atoms with Crippen molar-refractivity contribution < 1.29 is 4.42 Å². The molecule has 0 aliphatic carbocycles. The van der Waals surface area contributed by atoms with E-state index < -0.39 is 0 Å². The van der Waals surface area contributed by atoms with Crippen molar-refractivity contribution in [3.8, 4) is 22.5 Å². The summed E-state index contributed by atoms with van der Waals surface area (Å²) in [5.41, 5.74) is 7.45. The highest BCUT2D eigenvalue weighted by atomic mass is 16.3. The van der Waals surface area contributed by atoms with Crippen molar-refractivity contribution >= 4 is 71.1 Å². The molecule has 9 aromatic carbocycles. The van der Waals surface area contributed by atoms with Gasteiger partial charge in [0, 0.05) is 33.6 Å². The second-order valence-corrected chi connectivity index (χ2v) is 12.9. The highest BCUT2D eigenvalue weighted by Gasteiger charge is 2.21. The average Bonchev–Trinajstić information content (AvgIpc) is 3.58. The number of hydrogen-bond donors (Lipinski definition) is 0. The van der Waals surface area contributed by atoms with Gasteiger partial charge in [-0.15, -0.1) is 0 Å². The SMILES string of the molecule is c1ccc(N(c2cccc(-c3c(-c4cccc5ccccc45)oc4ccccc34)c2)c2ccc3c4ccccc4c4ccccc4c3c2)cc1. The summed E-state index contributed by atoms with van der Waals surface area (Å²) < 4.78 is 6.73. The van der Waals surface area contributed by atoms with Crippen LogP contribution in [0.2, 0.25) is 0 Å². The van der Waals surface area contributed by atoms with E-state index in [1.807, 2.05) is 6.07 Å². The number of hydrogen-bond acceptors (Lipinski definition) is 2. The maximum absolute atomic E-state index is 6.73. The number of para-hydroxylation sites is 2. The van der Waals surface area contributed by atoms with Crippen LogP contribution in [-0.2, 0) is 0 Å². The second-order valence-electron chi connectivity index (χ2n) is 12.9. The summed E-state index contributed by atoms with van der Waals surface area (Å²) in [6, 6.07) is 67.3. The lowest BCUT2D eigenvalue weighted by atomic mass is 9.93. The third kappa shape index (κ3) is 4.50. The zero-order valence-corrected chi connectivity index (χ0v) is 27.3. The molecule has 0 fully saturated rings. The molecule has 0 radical (unpaired) electrons. The van der Waals surface area contributed by atoms with E-state index in [-0.39, 0.29) is 0 Å². The number of fused-ring (bicyclic) bond motifs is 8. The Morgan fingerprint density at radius 1 is 0.340 bits per heavy atom. The first-order valence-electron chi connectivity index (χ1n) is 17.1. The number of anilines is 3. The van der Waals surface area contributed by atoms with Gasteiger partial charge in [0.15, 0.2) is 0 Å². The molecule has 1 aromatic heterocycles. The van der Waals surface area contributed by atoms with Gasteiger partial charge < -0.3 is 9.32 Å². The minimum Gasteiger partial charge on any atom is -0.455 e. The van der Waals surface area contributed by atoms with Crippen molar-refractivity contribution in [1.82, 2.24) is 0 Å². The van der Waals surface area contributed by atoms with Crippen LogP contribution in [0.5, 0.6) is 0 Å². The lowest BCUT2D eigenvalue weighted by Crippen LogP contribution is -2.10. The molecule has 0 aliphatic heterocycles. The number of benzene rings is 9. The zero-order valence-electron chi connectivity index (χ0n) is 27.3. The summed E-state index contributed by atoms with van der Waals surface area (Å²) >= 11 is 0. The molecule has 0 saturated heterocycles.